The maximum absolute atomic E-state index is 11.6. The number of aromatic hydroxyl groups is 1. The van der Waals surface area contributed by atoms with Crippen molar-refractivity contribution in [3.8, 4) is 5.75 Å². The summed E-state index contributed by atoms with van der Waals surface area (Å²) >= 11 is 0. The van der Waals surface area contributed by atoms with Crippen LogP contribution < -0.4 is 5.32 Å². The lowest BCUT2D eigenvalue weighted by atomic mass is 9.92. The number of hydrogen-bond donors (Lipinski definition) is 2. The van der Waals surface area contributed by atoms with Gasteiger partial charge in [-0.1, -0.05) is 26.0 Å². The van der Waals surface area contributed by atoms with Gasteiger partial charge in [0.25, 0.3) is 0 Å². The van der Waals surface area contributed by atoms with Crippen molar-refractivity contribution in [3.63, 3.8) is 0 Å². The summed E-state index contributed by atoms with van der Waals surface area (Å²) in [6.07, 6.45) is 4.07. The van der Waals surface area contributed by atoms with Crippen molar-refractivity contribution in [2.45, 2.75) is 32.4 Å². The molecule has 0 aliphatic carbocycles. The topological polar surface area (TPSA) is 61.8 Å². The highest BCUT2D eigenvalue weighted by Gasteiger charge is 2.29. The Balaban J connectivity index is 0.00000106. The number of ether oxygens (including phenoxy) is 1. The van der Waals surface area contributed by atoms with E-state index in [-0.39, 0.29) is 30.2 Å². The van der Waals surface area contributed by atoms with Gasteiger partial charge >= 0.3 is 5.97 Å². The van der Waals surface area contributed by atoms with E-state index in [1.54, 1.807) is 12.1 Å². The largest absolute Gasteiger partial charge is 0.508 e. The summed E-state index contributed by atoms with van der Waals surface area (Å²) in [5.41, 5.74) is 0.983. The lowest BCUT2D eigenvalue weighted by molar-refractivity contribution is -0.141. The van der Waals surface area contributed by atoms with Crippen LogP contribution in [0.1, 0.15) is 31.7 Å². The Kier molecular flexibility index (Phi) is 6.59. The number of carbonyl (C=O) groups is 1. The molecule has 2 rings (SSSR count). The van der Waals surface area contributed by atoms with E-state index in [9.17, 15) is 9.90 Å². The van der Waals surface area contributed by atoms with Crippen molar-refractivity contribution >= 4 is 5.97 Å². The molecule has 2 unspecified atom stereocenters. The molecule has 0 radical (unpaired) electrons. The zero-order valence-electron chi connectivity index (χ0n) is 13.0. The van der Waals surface area contributed by atoms with Gasteiger partial charge in [-0.15, -0.1) is 0 Å². The summed E-state index contributed by atoms with van der Waals surface area (Å²) in [6.45, 7) is 4.00. The molecule has 2 N–H and O–H groups in total. The third-order valence-corrected chi connectivity index (χ3v) is 3.33. The summed E-state index contributed by atoms with van der Waals surface area (Å²) in [5.74, 6) is -0.0837. The Morgan fingerprint density at radius 1 is 1.38 bits per heavy atom. The van der Waals surface area contributed by atoms with E-state index in [0.717, 1.165) is 5.56 Å². The first-order valence-electron chi connectivity index (χ1n) is 7.12. The Hall–Kier alpha value is -2.17. The molecule has 0 bridgehead atoms. The smallest absolute Gasteiger partial charge is 0.306 e. The Labute approximate surface area is 126 Å². The van der Waals surface area contributed by atoms with Crippen LogP contribution in [0.15, 0.2) is 36.7 Å². The quantitative estimate of drug-likeness (QED) is 0.834. The average molecular weight is 292 g/mol. The maximum Gasteiger partial charge on any atom is 0.306 e. The average Bonchev–Trinajstić information content (AvgIpc) is 2.93. The van der Waals surface area contributed by atoms with Crippen LogP contribution in [0.25, 0.3) is 0 Å². The standard InChI is InChI=1S/C14H18N2O3.C2H6/c1-16-8-7-15-14(16)12(9-13(18)19-2)10-3-5-11(17)6-4-10;1-2/h3-8,12,14-15,17H,9H2,1-2H3;1-2H3. The molecular formula is C16H24N2O3. The highest BCUT2D eigenvalue weighted by molar-refractivity contribution is 5.70. The van der Waals surface area contributed by atoms with Crippen LogP contribution in [-0.2, 0) is 9.53 Å². The van der Waals surface area contributed by atoms with Crippen molar-refractivity contribution in [2.24, 2.45) is 0 Å². The molecule has 21 heavy (non-hydrogen) atoms. The zero-order valence-corrected chi connectivity index (χ0v) is 13.0. The molecule has 0 amide bonds. The second-order valence-electron chi connectivity index (χ2n) is 4.57. The van der Waals surface area contributed by atoms with E-state index < -0.39 is 0 Å². The molecular weight excluding hydrogens is 268 g/mol. The minimum Gasteiger partial charge on any atom is -0.508 e. The second-order valence-corrected chi connectivity index (χ2v) is 4.57. The highest BCUT2D eigenvalue weighted by Crippen LogP contribution is 2.28. The number of hydrogen-bond acceptors (Lipinski definition) is 5. The SMILES string of the molecule is CC.COC(=O)CC(c1ccc(O)cc1)C1NC=CN1C. The lowest BCUT2D eigenvalue weighted by Gasteiger charge is -2.29. The van der Waals surface area contributed by atoms with Crippen molar-refractivity contribution < 1.29 is 14.6 Å². The van der Waals surface area contributed by atoms with Gasteiger partial charge in [0.2, 0.25) is 0 Å². The number of benzene rings is 1. The number of nitrogens with one attached hydrogen (secondary N) is 1. The Bertz CT molecular complexity index is 471. The number of likely N-dealkylation sites (N-methyl/N-ethyl adjacent to an activating group) is 1. The number of carbonyl (C=O) groups excluding carboxylic acids is 1. The fourth-order valence-corrected chi connectivity index (χ4v) is 2.27. The predicted molar refractivity (Wildman–Crippen MR) is 82.7 cm³/mol. The van der Waals surface area contributed by atoms with Crippen LogP contribution in [0.2, 0.25) is 0 Å². The molecule has 2 atom stereocenters. The minimum absolute atomic E-state index is 0.00337. The van der Waals surface area contributed by atoms with E-state index in [2.05, 4.69) is 5.32 Å². The molecule has 1 aliphatic rings. The van der Waals surface area contributed by atoms with Crippen molar-refractivity contribution in [3.05, 3.63) is 42.2 Å². The maximum atomic E-state index is 11.6. The van der Waals surface area contributed by atoms with Gasteiger partial charge in [0, 0.05) is 25.4 Å². The molecule has 0 saturated heterocycles. The number of phenols is 1. The molecule has 5 nitrogen and oxygen atoms in total. The molecule has 1 heterocycles. The zero-order chi connectivity index (χ0) is 15.8. The van der Waals surface area contributed by atoms with E-state index in [0.29, 0.717) is 0 Å². The Morgan fingerprint density at radius 2 is 2.00 bits per heavy atom. The van der Waals surface area contributed by atoms with Crippen molar-refractivity contribution in [1.82, 2.24) is 10.2 Å². The number of methoxy groups -OCH3 is 1. The molecule has 1 aromatic rings. The second kappa shape index (κ2) is 8.19. The van der Waals surface area contributed by atoms with Crippen LogP contribution >= 0.6 is 0 Å². The van der Waals surface area contributed by atoms with Gasteiger partial charge in [-0.3, -0.25) is 4.79 Å². The summed E-state index contributed by atoms with van der Waals surface area (Å²) in [5, 5.41) is 12.6. The molecule has 0 fully saturated rings. The van der Waals surface area contributed by atoms with Gasteiger partial charge in [0.1, 0.15) is 11.9 Å². The number of phenolic OH excluding ortho intramolecular Hbond substituents is 1. The van der Waals surface area contributed by atoms with E-state index in [1.807, 2.05) is 50.3 Å². The van der Waals surface area contributed by atoms with Gasteiger partial charge in [-0.25, -0.2) is 0 Å². The third kappa shape index (κ3) is 4.41. The summed E-state index contributed by atoms with van der Waals surface area (Å²) in [7, 11) is 3.34. The molecule has 1 aromatic carbocycles. The van der Waals surface area contributed by atoms with Crippen LogP contribution in [0, 0.1) is 0 Å². The number of esters is 1. The Morgan fingerprint density at radius 3 is 2.48 bits per heavy atom. The van der Waals surface area contributed by atoms with Crippen LogP contribution in [0.5, 0.6) is 5.75 Å². The van der Waals surface area contributed by atoms with Crippen molar-refractivity contribution in [2.75, 3.05) is 14.2 Å². The fourth-order valence-electron chi connectivity index (χ4n) is 2.27. The molecule has 116 valence electrons. The van der Waals surface area contributed by atoms with Crippen LogP contribution in [-0.4, -0.2) is 36.3 Å². The van der Waals surface area contributed by atoms with Crippen molar-refractivity contribution in [1.29, 1.82) is 0 Å². The summed E-state index contributed by atoms with van der Waals surface area (Å²) < 4.78 is 4.77. The molecule has 0 aromatic heterocycles. The third-order valence-electron chi connectivity index (χ3n) is 3.33. The number of rotatable bonds is 4. The number of nitrogens with zero attached hydrogens (tertiary/aromatic N) is 1. The first-order chi connectivity index (χ1) is 10.1. The molecule has 0 spiro atoms. The van der Waals surface area contributed by atoms with E-state index in [4.69, 9.17) is 4.74 Å². The van der Waals surface area contributed by atoms with Gasteiger partial charge in [0.05, 0.1) is 13.5 Å². The molecule has 1 aliphatic heterocycles. The monoisotopic (exact) mass is 292 g/mol. The van der Waals surface area contributed by atoms with Crippen LogP contribution in [0.3, 0.4) is 0 Å². The predicted octanol–water partition coefficient (Wildman–Crippen LogP) is 2.40. The molecule has 0 saturated carbocycles. The van der Waals surface area contributed by atoms with Crippen LogP contribution in [0.4, 0.5) is 0 Å². The van der Waals surface area contributed by atoms with Gasteiger partial charge < -0.3 is 20.1 Å². The molecule has 5 heteroatoms. The highest BCUT2D eigenvalue weighted by atomic mass is 16.5. The van der Waals surface area contributed by atoms with E-state index >= 15 is 0 Å². The van der Waals surface area contributed by atoms with Gasteiger partial charge in [-0.05, 0) is 17.7 Å². The fraction of sp³-hybridized carbons (Fsp3) is 0.438. The first kappa shape index (κ1) is 16.9. The minimum atomic E-state index is -0.250. The van der Waals surface area contributed by atoms with Gasteiger partial charge in [0.15, 0.2) is 0 Å². The van der Waals surface area contributed by atoms with Gasteiger partial charge in [-0.2, -0.15) is 0 Å². The summed E-state index contributed by atoms with van der Waals surface area (Å²) in [4.78, 5) is 13.6. The lowest BCUT2D eigenvalue weighted by Crippen LogP contribution is -2.39. The first-order valence-corrected chi connectivity index (χ1v) is 7.12. The summed E-state index contributed by atoms with van der Waals surface area (Å²) in [6, 6.07) is 6.91. The normalized spacial score (nSPS) is 17.5. The van der Waals surface area contributed by atoms with E-state index in [1.165, 1.54) is 7.11 Å².